The number of ether oxygens (including phenoxy) is 1. The van der Waals surface area contributed by atoms with Crippen LogP contribution in [0, 0.1) is 5.82 Å². The zero-order valence-corrected chi connectivity index (χ0v) is 13.2. The maximum absolute atomic E-state index is 13.3. The number of nitrogens with one attached hydrogen (secondary N) is 1. The van der Waals surface area contributed by atoms with E-state index in [1.54, 1.807) is 18.3 Å². The molecule has 0 amide bonds. The lowest BCUT2D eigenvalue weighted by molar-refractivity contribution is -0.148. The van der Waals surface area contributed by atoms with Crippen LogP contribution in [0.5, 0.6) is 0 Å². The summed E-state index contributed by atoms with van der Waals surface area (Å²) in [7, 11) is 1.32. The number of hydrogen-bond acceptors (Lipinski definition) is 4. The molecular weight excluding hydrogens is 313 g/mol. The maximum Gasteiger partial charge on any atom is 0.330 e. The Morgan fingerprint density at radius 3 is 2.81 bits per heavy atom. The molecule has 2 aromatic rings. The van der Waals surface area contributed by atoms with E-state index in [0.717, 1.165) is 4.88 Å². The Labute approximate surface area is 131 Å². The van der Waals surface area contributed by atoms with Crippen LogP contribution in [-0.4, -0.2) is 13.1 Å². The van der Waals surface area contributed by atoms with Crippen LogP contribution in [0.4, 0.5) is 4.39 Å². The van der Waals surface area contributed by atoms with Crippen molar-refractivity contribution in [1.29, 1.82) is 0 Å². The van der Waals surface area contributed by atoms with Crippen LogP contribution in [-0.2, 0) is 21.6 Å². The molecular formula is C15H15ClFNO2S. The first-order chi connectivity index (χ1) is 9.97. The summed E-state index contributed by atoms with van der Waals surface area (Å²) in [5.41, 5.74) is -0.548. The van der Waals surface area contributed by atoms with Crippen molar-refractivity contribution in [3.05, 3.63) is 57.0 Å². The molecule has 0 saturated carbocycles. The van der Waals surface area contributed by atoms with Gasteiger partial charge in [0.05, 0.1) is 12.1 Å². The van der Waals surface area contributed by atoms with Gasteiger partial charge in [-0.1, -0.05) is 23.7 Å². The van der Waals surface area contributed by atoms with Crippen LogP contribution in [0.25, 0.3) is 0 Å². The van der Waals surface area contributed by atoms with Crippen molar-refractivity contribution in [3.8, 4) is 0 Å². The number of esters is 1. The minimum Gasteiger partial charge on any atom is -0.467 e. The molecule has 0 radical (unpaired) electrons. The lowest BCUT2D eigenvalue weighted by Crippen LogP contribution is -2.47. The van der Waals surface area contributed by atoms with Crippen molar-refractivity contribution < 1.29 is 13.9 Å². The molecule has 6 heteroatoms. The first-order valence-electron chi connectivity index (χ1n) is 6.28. The van der Waals surface area contributed by atoms with Crippen molar-refractivity contribution >= 4 is 28.9 Å². The molecule has 0 aliphatic carbocycles. The van der Waals surface area contributed by atoms with Crippen LogP contribution in [0.1, 0.15) is 17.4 Å². The number of halogens is 2. The number of hydrogen-bond donors (Lipinski definition) is 1. The summed E-state index contributed by atoms with van der Waals surface area (Å²) in [5, 5.41) is 5.10. The minimum absolute atomic E-state index is 0.0273. The topological polar surface area (TPSA) is 38.3 Å². The number of methoxy groups -OCH3 is 1. The minimum atomic E-state index is -1.10. The summed E-state index contributed by atoms with van der Waals surface area (Å²) in [6, 6.07) is 8.11. The number of rotatable bonds is 5. The van der Waals surface area contributed by atoms with Crippen LogP contribution in [0.15, 0.2) is 35.7 Å². The van der Waals surface area contributed by atoms with Crippen LogP contribution in [0.3, 0.4) is 0 Å². The average Bonchev–Trinajstić information content (AvgIpc) is 3.00. The second-order valence-corrected chi connectivity index (χ2v) is 6.12. The third-order valence-electron chi connectivity index (χ3n) is 3.29. The number of benzene rings is 1. The third kappa shape index (κ3) is 3.43. The van der Waals surface area contributed by atoms with E-state index in [9.17, 15) is 9.18 Å². The monoisotopic (exact) mass is 327 g/mol. The van der Waals surface area contributed by atoms with Crippen molar-refractivity contribution in [2.24, 2.45) is 0 Å². The first-order valence-corrected chi connectivity index (χ1v) is 7.54. The van der Waals surface area contributed by atoms with E-state index < -0.39 is 17.3 Å². The molecule has 2 rings (SSSR count). The van der Waals surface area contributed by atoms with Gasteiger partial charge in [-0.2, -0.15) is 0 Å². The van der Waals surface area contributed by atoms with Gasteiger partial charge in [0.2, 0.25) is 0 Å². The predicted molar refractivity (Wildman–Crippen MR) is 81.9 cm³/mol. The Morgan fingerprint density at radius 2 is 2.24 bits per heavy atom. The van der Waals surface area contributed by atoms with Gasteiger partial charge < -0.3 is 4.74 Å². The summed E-state index contributed by atoms with van der Waals surface area (Å²) < 4.78 is 18.2. The molecule has 0 saturated heterocycles. The van der Waals surface area contributed by atoms with Gasteiger partial charge in [-0.05, 0) is 36.1 Å². The van der Waals surface area contributed by atoms with Crippen LogP contribution in [0.2, 0.25) is 5.02 Å². The van der Waals surface area contributed by atoms with E-state index in [2.05, 4.69) is 5.32 Å². The molecule has 0 spiro atoms. The van der Waals surface area contributed by atoms with Gasteiger partial charge >= 0.3 is 5.97 Å². The summed E-state index contributed by atoms with van der Waals surface area (Å²) in [4.78, 5) is 13.3. The molecule has 1 N–H and O–H groups in total. The van der Waals surface area contributed by atoms with Gasteiger partial charge in [0.15, 0.2) is 0 Å². The Balaban J connectivity index is 2.31. The summed E-state index contributed by atoms with van der Waals surface area (Å²) in [6.07, 6.45) is 0. The standard InChI is InChI=1S/C15H15ClFNO2S/c1-15(14(19)20-2,18-9-11-4-3-7-21-11)10-5-6-13(17)12(16)8-10/h3-8,18H,9H2,1-2H3. The van der Waals surface area contributed by atoms with Gasteiger partial charge in [-0.3, -0.25) is 5.32 Å². The van der Waals surface area contributed by atoms with Crippen molar-refractivity contribution in [2.75, 3.05) is 7.11 Å². The van der Waals surface area contributed by atoms with E-state index in [0.29, 0.717) is 12.1 Å². The van der Waals surface area contributed by atoms with Gasteiger partial charge in [0.1, 0.15) is 11.4 Å². The van der Waals surface area contributed by atoms with Crippen molar-refractivity contribution in [3.63, 3.8) is 0 Å². The largest absolute Gasteiger partial charge is 0.467 e. The highest BCUT2D eigenvalue weighted by Gasteiger charge is 2.36. The predicted octanol–water partition coefficient (Wildman–Crippen LogP) is 3.72. The number of thiophene rings is 1. The van der Waals surface area contributed by atoms with E-state index in [4.69, 9.17) is 16.3 Å². The molecule has 21 heavy (non-hydrogen) atoms. The summed E-state index contributed by atoms with van der Waals surface area (Å²) >= 11 is 7.40. The molecule has 1 heterocycles. The van der Waals surface area contributed by atoms with Crippen LogP contribution < -0.4 is 5.32 Å². The second kappa shape index (κ2) is 6.56. The maximum atomic E-state index is 13.3. The molecule has 1 aromatic carbocycles. The molecule has 0 aliphatic heterocycles. The third-order valence-corrected chi connectivity index (χ3v) is 4.45. The SMILES string of the molecule is COC(=O)C(C)(NCc1cccs1)c1ccc(F)c(Cl)c1. The van der Waals surface area contributed by atoms with E-state index in [-0.39, 0.29) is 5.02 Å². The van der Waals surface area contributed by atoms with Gasteiger partial charge in [-0.15, -0.1) is 11.3 Å². The fourth-order valence-electron chi connectivity index (χ4n) is 1.98. The normalized spacial score (nSPS) is 13.7. The lowest BCUT2D eigenvalue weighted by Gasteiger charge is -2.28. The van der Waals surface area contributed by atoms with Gasteiger partial charge in [0.25, 0.3) is 0 Å². The van der Waals surface area contributed by atoms with Crippen LogP contribution >= 0.6 is 22.9 Å². The fourth-order valence-corrected chi connectivity index (χ4v) is 2.81. The van der Waals surface area contributed by atoms with Gasteiger partial charge in [-0.25, -0.2) is 9.18 Å². The molecule has 3 nitrogen and oxygen atoms in total. The molecule has 112 valence electrons. The summed E-state index contributed by atoms with van der Waals surface area (Å²) in [6.45, 7) is 2.19. The number of carbonyl (C=O) groups excluding carboxylic acids is 1. The number of carbonyl (C=O) groups is 1. The molecule has 0 bridgehead atoms. The molecule has 0 aliphatic rings. The Morgan fingerprint density at radius 1 is 1.48 bits per heavy atom. The average molecular weight is 328 g/mol. The molecule has 1 aromatic heterocycles. The first kappa shape index (κ1) is 15.9. The highest BCUT2D eigenvalue weighted by molar-refractivity contribution is 7.09. The zero-order chi connectivity index (χ0) is 15.5. The van der Waals surface area contributed by atoms with Gasteiger partial charge in [0, 0.05) is 11.4 Å². The van der Waals surface area contributed by atoms with Crippen molar-refractivity contribution in [2.45, 2.75) is 19.0 Å². The van der Waals surface area contributed by atoms with E-state index >= 15 is 0 Å². The fraction of sp³-hybridized carbons (Fsp3) is 0.267. The Hall–Kier alpha value is -1.43. The molecule has 1 unspecified atom stereocenters. The highest BCUT2D eigenvalue weighted by Crippen LogP contribution is 2.27. The van der Waals surface area contributed by atoms with E-state index in [1.807, 2.05) is 17.5 Å². The van der Waals surface area contributed by atoms with Crippen molar-refractivity contribution in [1.82, 2.24) is 5.32 Å². The smallest absolute Gasteiger partial charge is 0.330 e. The Bertz CT molecular complexity index is 633. The molecule has 1 atom stereocenters. The highest BCUT2D eigenvalue weighted by atomic mass is 35.5. The zero-order valence-electron chi connectivity index (χ0n) is 11.7. The quantitative estimate of drug-likeness (QED) is 0.851. The summed E-state index contributed by atoms with van der Waals surface area (Å²) in [5.74, 6) is -0.979. The second-order valence-electron chi connectivity index (χ2n) is 4.68. The van der Waals surface area contributed by atoms with E-state index in [1.165, 1.54) is 25.3 Å². The lowest BCUT2D eigenvalue weighted by atomic mass is 9.92. The Kier molecular flexibility index (Phi) is 4.98. The molecule has 0 fully saturated rings.